The van der Waals surface area contributed by atoms with Crippen LogP contribution in [0.15, 0.2) is 42.0 Å². The Labute approximate surface area is 127 Å². The van der Waals surface area contributed by atoms with Gasteiger partial charge in [0.25, 0.3) is 0 Å². The van der Waals surface area contributed by atoms with Crippen LogP contribution in [0.1, 0.15) is 24.1 Å². The lowest BCUT2D eigenvalue weighted by Gasteiger charge is -2.07. The van der Waals surface area contributed by atoms with Crippen molar-refractivity contribution in [3.8, 4) is 5.75 Å². The molecule has 4 rings (SSSR count). The second-order valence-electron chi connectivity index (χ2n) is 5.42. The molecule has 2 heterocycles. The molecule has 4 nitrogen and oxygen atoms in total. The van der Waals surface area contributed by atoms with Crippen molar-refractivity contribution in [2.24, 2.45) is 0 Å². The van der Waals surface area contributed by atoms with Gasteiger partial charge in [-0.15, -0.1) is 11.3 Å². The molecule has 3 aromatic rings. The lowest BCUT2D eigenvalue weighted by atomic mass is 10.2. The van der Waals surface area contributed by atoms with Crippen molar-refractivity contribution in [1.29, 1.82) is 0 Å². The zero-order valence-electron chi connectivity index (χ0n) is 11.7. The number of ether oxygens (including phenoxy) is 1. The molecule has 1 fully saturated rings. The summed E-state index contributed by atoms with van der Waals surface area (Å²) in [5, 5.41) is 5.55. The molecule has 0 aliphatic heterocycles. The average Bonchev–Trinajstić information content (AvgIpc) is 3.09. The van der Waals surface area contributed by atoms with Crippen LogP contribution in [0.2, 0.25) is 0 Å². The minimum absolute atomic E-state index is 0.508. The summed E-state index contributed by atoms with van der Waals surface area (Å²) in [6.45, 7) is 1.43. The highest BCUT2D eigenvalue weighted by Gasteiger charge is 2.19. The van der Waals surface area contributed by atoms with Crippen LogP contribution in [0.5, 0.6) is 5.75 Å². The van der Waals surface area contributed by atoms with Gasteiger partial charge < -0.3 is 10.1 Å². The van der Waals surface area contributed by atoms with E-state index in [0.29, 0.717) is 6.61 Å². The van der Waals surface area contributed by atoms with E-state index in [-0.39, 0.29) is 0 Å². The average molecular weight is 299 g/mol. The number of imidazole rings is 1. The van der Waals surface area contributed by atoms with E-state index in [9.17, 15) is 0 Å². The SMILES string of the molecule is c1cc(CNC2CC2)cc(OCc2cn3ccsc3n2)c1. The normalized spacial score (nSPS) is 14.7. The molecule has 1 aliphatic rings. The van der Waals surface area contributed by atoms with Crippen LogP contribution in [0.25, 0.3) is 4.96 Å². The fourth-order valence-corrected chi connectivity index (χ4v) is 3.02. The van der Waals surface area contributed by atoms with Crippen molar-refractivity contribution >= 4 is 16.3 Å². The van der Waals surface area contributed by atoms with Gasteiger partial charge in [0.05, 0.1) is 5.69 Å². The van der Waals surface area contributed by atoms with Crippen molar-refractivity contribution in [2.75, 3.05) is 0 Å². The van der Waals surface area contributed by atoms with Crippen LogP contribution >= 0.6 is 11.3 Å². The van der Waals surface area contributed by atoms with E-state index in [1.807, 2.05) is 34.3 Å². The third-order valence-electron chi connectivity index (χ3n) is 3.60. The van der Waals surface area contributed by atoms with Gasteiger partial charge in [0.15, 0.2) is 4.96 Å². The smallest absolute Gasteiger partial charge is 0.193 e. The van der Waals surface area contributed by atoms with Crippen molar-refractivity contribution in [1.82, 2.24) is 14.7 Å². The van der Waals surface area contributed by atoms with E-state index in [4.69, 9.17) is 4.74 Å². The van der Waals surface area contributed by atoms with E-state index < -0.39 is 0 Å². The molecule has 108 valence electrons. The van der Waals surface area contributed by atoms with Gasteiger partial charge in [-0.05, 0) is 30.5 Å². The number of hydrogen-bond acceptors (Lipinski definition) is 4. The van der Waals surface area contributed by atoms with E-state index >= 15 is 0 Å². The molecule has 2 aromatic heterocycles. The standard InChI is InChI=1S/C16H17N3OS/c1-2-12(9-17-13-4-5-13)8-15(3-1)20-11-14-10-19-6-7-21-16(19)18-14/h1-3,6-8,10,13,17H,4-5,9,11H2. The zero-order chi connectivity index (χ0) is 14.1. The Kier molecular flexibility index (Phi) is 3.37. The van der Waals surface area contributed by atoms with Gasteiger partial charge in [-0.25, -0.2) is 4.98 Å². The van der Waals surface area contributed by atoms with Crippen LogP contribution in [-0.2, 0) is 13.2 Å². The van der Waals surface area contributed by atoms with Gasteiger partial charge in [0.2, 0.25) is 0 Å². The van der Waals surface area contributed by atoms with Gasteiger partial charge >= 0.3 is 0 Å². The third-order valence-corrected chi connectivity index (χ3v) is 4.37. The van der Waals surface area contributed by atoms with Gasteiger partial charge in [0.1, 0.15) is 12.4 Å². The Morgan fingerprint density at radius 3 is 3.19 bits per heavy atom. The van der Waals surface area contributed by atoms with E-state index in [0.717, 1.165) is 29.0 Å². The van der Waals surface area contributed by atoms with Gasteiger partial charge in [0, 0.05) is 30.4 Å². The topological polar surface area (TPSA) is 38.6 Å². The van der Waals surface area contributed by atoms with Gasteiger partial charge in [-0.2, -0.15) is 0 Å². The lowest BCUT2D eigenvalue weighted by Crippen LogP contribution is -2.15. The summed E-state index contributed by atoms with van der Waals surface area (Å²) < 4.78 is 7.88. The van der Waals surface area contributed by atoms with Crippen molar-refractivity contribution in [3.05, 3.63) is 53.3 Å². The van der Waals surface area contributed by atoms with Gasteiger partial charge in [-0.1, -0.05) is 12.1 Å². The molecule has 0 spiro atoms. The molecular weight excluding hydrogens is 282 g/mol. The number of aromatic nitrogens is 2. The van der Waals surface area contributed by atoms with Crippen molar-refractivity contribution in [3.63, 3.8) is 0 Å². The highest BCUT2D eigenvalue weighted by atomic mass is 32.1. The number of fused-ring (bicyclic) bond motifs is 1. The second kappa shape index (κ2) is 5.50. The second-order valence-corrected chi connectivity index (χ2v) is 6.29. The first kappa shape index (κ1) is 12.9. The molecular formula is C16H17N3OS. The maximum absolute atomic E-state index is 5.86. The van der Waals surface area contributed by atoms with Gasteiger partial charge in [-0.3, -0.25) is 4.40 Å². The number of nitrogens with one attached hydrogen (secondary N) is 1. The van der Waals surface area contributed by atoms with Crippen LogP contribution in [0.4, 0.5) is 0 Å². The first-order chi connectivity index (χ1) is 10.4. The minimum Gasteiger partial charge on any atom is -0.487 e. The molecule has 1 aliphatic carbocycles. The summed E-state index contributed by atoms with van der Waals surface area (Å²) in [5.41, 5.74) is 2.23. The molecule has 1 N–H and O–H groups in total. The molecule has 5 heteroatoms. The molecule has 1 saturated carbocycles. The number of nitrogens with zero attached hydrogens (tertiary/aromatic N) is 2. The molecule has 0 unspecified atom stereocenters. The number of benzene rings is 1. The Hall–Kier alpha value is -1.85. The highest BCUT2D eigenvalue weighted by Crippen LogP contribution is 2.21. The summed E-state index contributed by atoms with van der Waals surface area (Å²) in [4.78, 5) is 5.53. The predicted octanol–water partition coefficient (Wildman–Crippen LogP) is 3.23. The number of thiazole rings is 1. The monoisotopic (exact) mass is 299 g/mol. The Morgan fingerprint density at radius 2 is 2.33 bits per heavy atom. The number of rotatable bonds is 6. The summed E-state index contributed by atoms with van der Waals surface area (Å²) in [5.74, 6) is 0.904. The van der Waals surface area contributed by atoms with Crippen LogP contribution < -0.4 is 10.1 Å². The molecule has 0 atom stereocenters. The maximum Gasteiger partial charge on any atom is 0.193 e. The van der Waals surface area contributed by atoms with E-state index in [2.05, 4.69) is 22.4 Å². The fraction of sp³-hybridized carbons (Fsp3) is 0.312. The maximum atomic E-state index is 5.86. The van der Waals surface area contributed by atoms with Crippen molar-refractivity contribution in [2.45, 2.75) is 32.0 Å². The van der Waals surface area contributed by atoms with Crippen LogP contribution in [-0.4, -0.2) is 15.4 Å². The quantitative estimate of drug-likeness (QED) is 0.759. The summed E-state index contributed by atoms with van der Waals surface area (Å²) >= 11 is 1.64. The Bertz CT molecular complexity index is 716. The Morgan fingerprint density at radius 1 is 1.38 bits per heavy atom. The molecule has 0 amide bonds. The molecule has 0 saturated heterocycles. The zero-order valence-corrected chi connectivity index (χ0v) is 12.5. The van der Waals surface area contributed by atoms with Crippen LogP contribution in [0, 0.1) is 0 Å². The Balaban J connectivity index is 1.39. The first-order valence-electron chi connectivity index (χ1n) is 7.23. The molecule has 0 bridgehead atoms. The summed E-state index contributed by atoms with van der Waals surface area (Å²) in [7, 11) is 0. The van der Waals surface area contributed by atoms with Crippen LogP contribution in [0.3, 0.4) is 0 Å². The third kappa shape index (κ3) is 3.09. The molecule has 1 aromatic carbocycles. The summed E-state index contributed by atoms with van der Waals surface area (Å²) in [6, 6.07) is 9.01. The minimum atomic E-state index is 0.508. The highest BCUT2D eigenvalue weighted by molar-refractivity contribution is 7.15. The lowest BCUT2D eigenvalue weighted by molar-refractivity contribution is 0.301. The molecule has 0 radical (unpaired) electrons. The predicted molar refractivity (Wildman–Crippen MR) is 83.7 cm³/mol. The largest absolute Gasteiger partial charge is 0.487 e. The van der Waals surface area contributed by atoms with E-state index in [1.54, 1.807) is 11.3 Å². The molecule has 21 heavy (non-hydrogen) atoms. The summed E-state index contributed by atoms with van der Waals surface area (Å²) in [6.07, 6.45) is 6.66. The number of hydrogen-bond donors (Lipinski definition) is 1. The first-order valence-corrected chi connectivity index (χ1v) is 8.11. The van der Waals surface area contributed by atoms with E-state index in [1.165, 1.54) is 18.4 Å². The fourth-order valence-electron chi connectivity index (χ4n) is 2.30. The van der Waals surface area contributed by atoms with Crippen molar-refractivity contribution < 1.29 is 4.74 Å².